The molecule has 0 saturated heterocycles. The summed E-state index contributed by atoms with van der Waals surface area (Å²) < 4.78 is 0. The number of thiazole rings is 1. The molecule has 0 aliphatic rings. The summed E-state index contributed by atoms with van der Waals surface area (Å²) in [6.45, 7) is 8.85. The molecule has 0 fully saturated rings. The smallest absolute Gasteiger partial charge is 0.0901 e. The second-order valence-electron chi connectivity index (χ2n) is 5.69. The first-order valence-electron chi connectivity index (χ1n) is 5.95. The van der Waals surface area contributed by atoms with Crippen LogP contribution in [-0.2, 0) is 6.42 Å². The summed E-state index contributed by atoms with van der Waals surface area (Å²) in [6.07, 6.45) is 1.11. The van der Waals surface area contributed by atoms with Crippen molar-refractivity contribution in [2.75, 3.05) is 0 Å². The molecule has 17 heavy (non-hydrogen) atoms. The summed E-state index contributed by atoms with van der Waals surface area (Å²) in [5.41, 5.74) is 4.05. The fourth-order valence-electron chi connectivity index (χ4n) is 1.90. The van der Waals surface area contributed by atoms with Gasteiger partial charge >= 0.3 is 0 Å². The van der Waals surface area contributed by atoms with E-state index in [1.165, 1.54) is 11.1 Å². The number of hydrogen-bond donors (Lipinski definition) is 0. The summed E-state index contributed by atoms with van der Waals surface area (Å²) in [5.74, 6) is 0. The molecule has 2 aromatic rings. The van der Waals surface area contributed by atoms with E-state index in [2.05, 4.69) is 55.4 Å². The minimum Gasteiger partial charge on any atom is -0.242 e. The van der Waals surface area contributed by atoms with Gasteiger partial charge in [0.15, 0.2) is 0 Å². The Bertz CT molecular complexity index is 488. The number of aryl methyl sites for hydroxylation is 1. The van der Waals surface area contributed by atoms with Crippen molar-refractivity contribution in [2.45, 2.75) is 34.1 Å². The molecular weight excluding hydrogens is 226 g/mol. The highest BCUT2D eigenvalue weighted by molar-refractivity contribution is 7.09. The fraction of sp³-hybridized carbons (Fsp3) is 0.400. The minimum atomic E-state index is 0.346. The van der Waals surface area contributed by atoms with Gasteiger partial charge in [-0.05, 0) is 24.3 Å². The molecule has 0 saturated carbocycles. The zero-order valence-corrected chi connectivity index (χ0v) is 11.8. The molecule has 0 spiro atoms. The van der Waals surface area contributed by atoms with E-state index in [-0.39, 0.29) is 0 Å². The summed E-state index contributed by atoms with van der Waals surface area (Å²) in [6, 6.07) is 8.79. The van der Waals surface area contributed by atoms with Crippen molar-refractivity contribution in [2.24, 2.45) is 5.41 Å². The van der Waals surface area contributed by atoms with Crippen LogP contribution in [0.3, 0.4) is 0 Å². The molecule has 1 nitrogen and oxygen atoms in total. The van der Waals surface area contributed by atoms with Crippen molar-refractivity contribution < 1.29 is 0 Å². The number of aromatic nitrogens is 1. The van der Waals surface area contributed by atoms with Gasteiger partial charge in [0.25, 0.3) is 0 Å². The molecule has 0 radical (unpaired) electrons. The van der Waals surface area contributed by atoms with Crippen molar-refractivity contribution in [3.05, 3.63) is 40.2 Å². The van der Waals surface area contributed by atoms with Gasteiger partial charge in [-0.15, -0.1) is 11.3 Å². The monoisotopic (exact) mass is 245 g/mol. The second kappa shape index (κ2) is 4.61. The first-order chi connectivity index (χ1) is 7.94. The molecular formula is C15H19NS. The first-order valence-corrected chi connectivity index (χ1v) is 6.83. The van der Waals surface area contributed by atoms with E-state index in [9.17, 15) is 0 Å². The van der Waals surface area contributed by atoms with Crippen LogP contribution < -0.4 is 0 Å². The number of rotatable bonds is 2. The molecule has 0 amide bonds. The number of nitrogens with zero attached hydrogens (tertiary/aromatic N) is 1. The molecule has 1 aromatic carbocycles. The average Bonchev–Trinajstić information content (AvgIpc) is 2.63. The van der Waals surface area contributed by atoms with Gasteiger partial charge in [-0.2, -0.15) is 0 Å². The van der Waals surface area contributed by atoms with Gasteiger partial charge < -0.3 is 0 Å². The second-order valence-corrected chi connectivity index (χ2v) is 6.75. The standard InChI is InChI=1S/C15H19NS/c1-11-16-14(10-17-11)13-7-5-12(6-8-13)9-15(2,3)4/h5-8,10H,9H2,1-4H3. The molecule has 0 aliphatic carbocycles. The molecule has 0 unspecified atom stereocenters. The third-order valence-corrected chi connectivity index (χ3v) is 3.38. The molecule has 1 aromatic heterocycles. The van der Waals surface area contributed by atoms with Crippen molar-refractivity contribution in [3.63, 3.8) is 0 Å². The highest BCUT2D eigenvalue weighted by Crippen LogP contribution is 2.24. The van der Waals surface area contributed by atoms with Crippen LogP contribution in [0, 0.1) is 12.3 Å². The molecule has 1 heterocycles. The maximum absolute atomic E-state index is 4.50. The van der Waals surface area contributed by atoms with Gasteiger partial charge in [0, 0.05) is 10.9 Å². The Kier molecular flexibility index (Phi) is 3.34. The van der Waals surface area contributed by atoms with Crippen molar-refractivity contribution in [3.8, 4) is 11.3 Å². The van der Waals surface area contributed by atoms with Gasteiger partial charge in [0.1, 0.15) is 0 Å². The predicted molar refractivity (Wildman–Crippen MR) is 75.4 cm³/mol. The Balaban J connectivity index is 2.19. The van der Waals surface area contributed by atoms with E-state index in [1.54, 1.807) is 11.3 Å². The SMILES string of the molecule is Cc1nc(-c2ccc(CC(C)(C)C)cc2)cs1. The van der Waals surface area contributed by atoms with Crippen molar-refractivity contribution in [1.29, 1.82) is 0 Å². The normalized spacial score (nSPS) is 11.8. The van der Waals surface area contributed by atoms with Crippen LogP contribution in [0.5, 0.6) is 0 Å². The maximum Gasteiger partial charge on any atom is 0.0901 e. The third kappa shape index (κ3) is 3.40. The Morgan fingerprint density at radius 2 is 1.76 bits per heavy atom. The molecule has 0 aliphatic heterocycles. The van der Waals surface area contributed by atoms with Crippen LogP contribution in [0.4, 0.5) is 0 Å². The lowest BCUT2D eigenvalue weighted by atomic mass is 9.88. The van der Waals surface area contributed by atoms with Crippen LogP contribution in [-0.4, -0.2) is 4.98 Å². The maximum atomic E-state index is 4.50. The molecule has 0 N–H and O–H groups in total. The topological polar surface area (TPSA) is 12.9 Å². The van der Waals surface area contributed by atoms with Crippen molar-refractivity contribution in [1.82, 2.24) is 4.98 Å². The van der Waals surface area contributed by atoms with E-state index in [1.807, 2.05) is 6.92 Å². The van der Waals surface area contributed by atoms with E-state index in [4.69, 9.17) is 0 Å². The molecule has 0 atom stereocenters. The minimum absolute atomic E-state index is 0.346. The van der Waals surface area contributed by atoms with Gasteiger partial charge in [0.2, 0.25) is 0 Å². The Labute approximate surface area is 108 Å². The summed E-state index contributed by atoms with van der Waals surface area (Å²) >= 11 is 1.70. The zero-order valence-electron chi connectivity index (χ0n) is 10.9. The van der Waals surface area contributed by atoms with Gasteiger partial charge in [0.05, 0.1) is 10.7 Å². The zero-order chi connectivity index (χ0) is 12.5. The van der Waals surface area contributed by atoms with Crippen LogP contribution in [0.25, 0.3) is 11.3 Å². The highest BCUT2D eigenvalue weighted by atomic mass is 32.1. The van der Waals surface area contributed by atoms with E-state index in [0.717, 1.165) is 17.1 Å². The van der Waals surface area contributed by atoms with E-state index in [0.29, 0.717) is 5.41 Å². The largest absolute Gasteiger partial charge is 0.242 e. The lowest BCUT2D eigenvalue weighted by Crippen LogP contribution is -2.08. The summed E-state index contributed by atoms with van der Waals surface area (Å²) in [5, 5.41) is 3.24. The van der Waals surface area contributed by atoms with Crippen LogP contribution in [0.15, 0.2) is 29.6 Å². The van der Waals surface area contributed by atoms with E-state index < -0.39 is 0 Å². The van der Waals surface area contributed by atoms with E-state index >= 15 is 0 Å². The van der Waals surface area contributed by atoms with Crippen LogP contribution >= 0.6 is 11.3 Å². The fourth-order valence-corrected chi connectivity index (χ4v) is 2.52. The third-order valence-electron chi connectivity index (χ3n) is 2.60. The molecule has 2 heteroatoms. The van der Waals surface area contributed by atoms with Crippen LogP contribution in [0.2, 0.25) is 0 Å². The van der Waals surface area contributed by atoms with Gasteiger partial charge in [-0.3, -0.25) is 0 Å². The molecule has 90 valence electrons. The van der Waals surface area contributed by atoms with Crippen molar-refractivity contribution >= 4 is 11.3 Å². The highest BCUT2D eigenvalue weighted by Gasteiger charge is 2.11. The Morgan fingerprint density at radius 1 is 1.12 bits per heavy atom. The lowest BCUT2D eigenvalue weighted by Gasteiger charge is -2.18. The van der Waals surface area contributed by atoms with Gasteiger partial charge in [-0.1, -0.05) is 45.0 Å². The summed E-state index contributed by atoms with van der Waals surface area (Å²) in [4.78, 5) is 4.50. The van der Waals surface area contributed by atoms with Crippen LogP contribution in [0.1, 0.15) is 31.3 Å². The average molecular weight is 245 g/mol. The Morgan fingerprint density at radius 3 is 2.24 bits per heavy atom. The lowest BCUT2D eigenvalue weighted by molar-refractivity contribution is 0.411. The molecule has 0 bridgehead atoms. The predicted octanol–water partition coefficient (Wildman–Crippen LogP) is 4.71. The first kappa shape index (κ1) is 12.3. The quantitative estimate of drug-likeness (QED) is 0.747. The number of benzene rings is 1. The number of hydrogen-bond acceptors (Lipinski definition) is 2. The summed E-state index contributed by atoms with van der Waals surface area (Å²) in [7, 11) is 0. The molecule has 2 rings (SSSR count). The Hall–Kier alpha value is -1.15. The van der Waals surface area contributed by atoms with Gasteiger partial charge in [-0.25, -0.2) is 4.98 Å².